The summed E-state index contributed by atoms with van der Waals surface area (Å²) >= 11 is 0. The van der Waals surface area contributed by atoms with Gasteiger partial charge in [-0.2, -0.15) is 5.10 Å². The molecule has 0 spiro atoms. The Labute approximate surface area is 159 Å². The van der Waals surface area contributed by atoms with E-state index in [9.17, 15) is 9.18 Å². The van der Waals surface area contributed by atoms with E-state index >= 15 is 0 Å². The average molecular weight is 370 g/mol. The molecule has 0 bridgehead atoms. The molecular weight excluding hydrogens is 343 g/mol. The Hall–Kier alpha value is -2.21. The fourth-order valence-electron chi connectivity index (χ4n) is 4.41. The zero-order valence-electron chi connectivity index (χ0n) is 15.9. The summed E-state index contributed by atoms with van der Waals surface area (Å²) < 4.78 is 15.1. The number of halogens is 1. The van der Waals surface area contributed by atoms with Crippen molar-refractivity contribution in [3.05, 3.63) is 47.0 Å². The number of likely N-dealkylation sites (tertiary alicyclic amines) is 1. The predicted octanol–water partition coefficient (Wildman–Crippen LogP) is 3.10. The number of carbonyl (C=O) groups excluding carboxylic acids is 1. The number of hydrogen-bond donors (Lipinski definition) is 1. The highest BCUT2D eigenvalue weighted by atomic mass is 19.1. The Morgan fingerprint density at radius 1 is 1.22 bits per heavy atom. The summed E-state index contributed by atoms with van der Waals surface area (Å²) in [4.78, 5) is 15.3. The molecular formula is C21H27FN4O. The molecule has 27 heavy (non-hydrogen) atoms. The number of fused-ring (bicyclic) bond motifs is 1. The van der Waals surface area contributed by atoms with Crippen LogP contribution in [0.15, 0.2) is 24.3 Å². The van der Waals surface area contributed by atoms with Gasteiger partial charge in [0.05, 0.1) is 5.69 Å². The molecule has 6 heteroatoms. The topological polar surface area (TPSA) is 50.2 Å². The SMILES string of the molecule is CCN1CCCC1CNC(=O)c1nn(-c2ccc(F)cc2)c2c1CCCC2. The van der Waals surface area contributed by atoms with Crippen LogP contribution in [-0.4, -0.2) is 46.3 Å². The van der Waals surface area contributed by atoms with Crippen LogP contribution in [0.2, 0.25) is 0 Å². The molecule has 0 radical (unpaired) electrons. The minimum atomic E-state index is -0.269. The molecule has 1 unspecified atom stereocenters. The van der Waals surface area contributed by atoms with Crippen molar-refractivity contribution in [1.29, 1.82) is 0 Å². The molecule has 1 aromatic heterocycles. The van der Waals surface area contributed by atoms with Gasteiger partial charge in [-0.1, -0.05) is 6.92 Å². The van der Waals surface area contributed by atoms with Gasteiger partial charge in [0.1, 0.15) is 5.82 Å². The van der Waals surface area contributed by atoms with Gasteiger partial charge in [0.25, 0.3) is 5.91 Å². The van der Waals surface area contributed by atoms with E-state index in [4.69, 9.17) is 0 Å². The quantitative estimate of drug-likeness (QED) is 0.880. The van der Waals surface area contributed by atoms with Gasteiger partial charge in [-0.05, 0) is 75.9 Å². The van der Waals surface area contributed by atoms with Crippen LogP contribution in [-0.2, 0) is 12.8 Å². The second-order valence-electron chi connectivity index (χ2n) is 7.50. The summed E-state index contributed by atoms with van der Waals surface area (Å²) in [6.07, 6.45) is 6.28. The molecule has 1 amide bonds. The van der Waals surface area contributed by atoms with Crippen molar-refractivity contribution in [2.24, 2.45) is 0 Å². The molecule has 1 N–H and O–H groups in total. The second kappa shape index (κ2) is 7.80. The molecule has 0 saturated carbocycles. The molecule has 1 aliphatic carbocycles. The second-order valence-corrected chi connectivity index (χ2v) is 7.50. The summed E-state index contributed by atoms with van der Waals surface area (Å²) in [5, 5.41) is 7.76. The first-order valence-electron chi connectivity index (χ1n) is 10.1. The van der Waals surface area contributed by atoms with Gasteiger partial charge in [-0.25, -0.2) is 9.07 Å². The van der Waals surface area contributed by atoms with Gasteiger partial charge in [0.2, 0.25) is 0 Å². The molecule has 4 rings (SSSR count). The van der Waals surface area contributed by atoms with E-state index in [1.807, 2.05) is 4.68 Å². The van der Waals surface area contributed by atoms with E-state index in [-0.39, 0.29) is 11.7 Å². The number of nitrogens with one attached hydrogen (secondary N) is 1. The third-order valence-electron chi connectivity index (χ3n) is 5.87. The number of nitrogens with zero attached hydrogens (tertiary/aromatic N) is 3. The number of aromatic nitrogens is 2. The van der Waals surface area contributed by atoms with Crippen LogP contribution >= 0.6 is 0 Å². The largest absolute Gasteiger partial charge is 0.349 e. The first-order valence-corrected chi connectivity index (χ1v) is 10.1. The van der Waals surface area contributed by atoms with Crippen LogP contribution < -0.4 is 5.32 Å². The zero-order valence-corrected chi connectivity index (χ0v) is 15.9. The Morgan fingerprint density at radius 3 is 2.78 bits per heavy atom. The van der Waals surface area contributed by atoms with E-state index in [0.717, 1.165) is 62.1 Å². The molecule has 2 aliphatic rings. The van der Waals surface area contributed by atoms with Gasteiger partial charge in [0.15, 0.2) is 5.69 Å². The zero-order chi connectivity index (χ0) is 18.8. The molecule has 1 fully saturated rings. The first kappa shape index (κ1) is 18.2. The van der Waals surface area contributed by atoms with Crippen molar-refractivity contribution in [3.63, 3.8) is 0 Å². The minimum Gasteiger partial charge on any atom is -0.349 e. The van der Waals surface area contributed by atoms with Gasteiger partial charge in [0, 0.05) is 23.8 Å². The molecule has 1 saturated heterocycles. The third kappa shape index (κ3) is 3.63. The van der Waals surface area contributed by atoms with Gasteiger partial charge < -0.3 is 5.32 Å². The molecule has 1 aliphatic heterocycles. The summed E-state index contributed by atoms with van der Waals surface area (Å²) in [5.41, 5.74) is 3.49. The van der Waals surface area contributed by atoms with Crippen molar-refractivity contribution in [2.45, 2.75) is 51.5 Å². The molecule has 2 aromatic rings. The summed E-state index contributed by atoms with van der Waals surface area (Å²) in [6.45, 7) is 4.98. The standard InChI is InChI=1S/C21H27FN4O/c1-2-25-13-5-6-17(25)14-23-21(27)20-18-7-3-4-8-19(18)26(24-20)16-11-9-15(22)10-12-16/h9-12,17H,2-8,13-14H2,1H3,(H,23,27). The van der Waals surface area contributed by atoms with Crippen LogP contribution in [0.4, 0.5) is 4.39 Å². The fourth-order valence-corrected chi connectivity index (χ4v) is 4.41. The third-order valence-corrected chi connectivity index (χ3v) is 5.87. The lowest BCUT2D eigenvalue weighted by atomic mass is 9.95. The highest BCUT2D eigenvalue weighted by Gasteiger charge is 2.27. The fraction of sp³-hybridized carbons (Fsp3) is 0.524. The van der Waals surface area contributed by atoms with Crippen LogP contribution in [0, 0.1) is 5.82 Å². The van der Waals surface area contributed by atoms with Crippen LogP contribution in [0.25, 0.3) is 5.69 Å². The number of benzene rings is 1. The number of amides is 1. The van der Waals surface area contributed by atoms with Crippen molar-refractivity contribution < 1.29 is 9.18 Å². The number of hydrogen-bond acceptors (Lipinski definition) is 3. The van der Waals surface area contributed by atoms with E-state index in [2.05, 4.69) is 22.2 Å². The maximum Gasteiger partial charge on any atom is 0.272 e. The van der Waals surface area contributed by atoms with E-state index in [1.54, 1.807) is 12.1 Å². The summed E-state index contributed by atoms with van der Waals surface area (Å²) in [6, 6.07) is 6.73. The Bertz CT molecular complexity index is 814. The monoisotopic (exact) mass is 370 g/mol. The van der Waals surface area contributed by atoms with Crippen LogP contribution in [0.1, 0.15) is 54.4 Å². The first-order chi connectivity index (χ1) is 13.2. The number of likely N-dealkylation sites (N-methyl/N-ethyl adjacent to an activating group) is 1. The minimum absolute atomic E-state index is 0.0861. The Morgan fingerprint density at radius 2 is 2.00 bits per heavy atom. The van der Waals surface area contributed by atoms with Gasteiger partial charge in [-0.15, -0.1) is 0 Å². The maximum atomic E-state index is 13.3. The molecule has 5 nitrogen and oxygen atoms in total. The van der Waals surface area contributed by atoms with Crippen molar-refractivity contribution in [3.8, 4) is 5.69 Å². The molecule has 1 aromatic carbocycles. The van der Waals surface area contributed by atoms with Crippen molar-refractivity contribution in [1.82, 2.24) is 20.0 Å². The predicted molar refractivity (Wildman–Crippen MR) is 103 cm³/mol. The van der Waals surface area contributed by atoms with Crippen LogP contribution in [0.3, 0.4) is 0 Å². The van der Waals surface area contributed by atoms with E-state index < -0.39 is 0 Å². The van der Waals surface area contributed by atoms with E-state index in [1.165, 1.54) is 18.6 Å². The molecule has 1 atom stereocenters. The lowest BCUT2D eigenvalue weighted by Gasteiger charge is -2.22. The average Bonchev–Trinajstić information content (AvgIpc) is 3.31. The van der Waals surface area contributed by atoms with Crippen molar-refractivity contribution >= 4 is 5.91 Å². The summed E-state index contributed by atoms with van der Waals surface area (Å²) in [7, 11) is 0. The van der Waals surface area contributed by atoms with Crippen LogP contribution in [0.5, 0.6) is 0 Å². The maximum absolute atomic E-state index is 13.3. The van der Waals surface area contributed by atoms with Gasteiger partial charge >= 0.3 is 0 Å². The highest BCUT2D eigenvalue weighted by molar-refractivity contribution is 5.94. The number of carbonyl (C=O) groups is 1. The van der Waals surface area contributed by atoms with E-state index in [0.29, 0.717) is 18.3 Å². The van der Waals surface area contributed by atoms with Crippen molar-refractivity contribution in [2.75, 3.05) is 19.6 Å². The lowest BCUT2D eigenvalue weighted by molar-refractivity contribution is 0.0935. The Kier molecular flexibility index (Phi) is 5.25. The smallest absolute Gasteiger partial charge is 0.272 e. The highest BCUT2D eigenvalue weighted by Crippen LogP contribution is 2.27. The lowest BCUT2D eigenvalue weighted by Crippen LogP contribution is -2.40. The number of rotatable bonds is 5. The normalized spacial score (nSPS) is 19.9. The molecule has 144 valence electrons. The van der Waals surface area contributed by atoms with Gasteiger partial charge in [-0.3, -0.25) is 9.69 Å². The summed E-state index contributed by atoms with van der Waals surface area (Å²) in [5.74, 6) is -0.355. The Balaban J connectivity index is 1.57. The molecule has 2 heterocycles.